The maximum atomic E-state index is 13.4. The molecule has 7 heteroatoms. The van der Waals surface area contributed by atoms with Crippen molar-refractivity contribution in [1.82, 2.24) is 10.3 Å². The SMILES string of the molecule is Cc1cc(C(C)CNCc2ccccc2C(=O)O)c2oc(-c3cc4cnccc4o3)c(C)c(=O)c2c1. The van der Waals surface area contributed by atoms with E-state index in [2.05, 4.69) is 17.2 Å². The Morgan fingerprint density at radius 2 is 1.92 bits per heavy atom. The van der Waals surface area contributed by atoms with Gasteiger partial charge in [-0.2, -0.15) is 0 Å². The zero-order chi connectivity index (χ0) is 25.4. The van der Waals surface area contributed by atoms with Gasteiger partial charge >= 0.3 is 5.97 Å². The molecule has 0 bridgehead atoms. The molecule has 182 valence electrons. The van der Waals surface area contributed by atoms with Gasteiger partial charge in [-0.3, -0.25) is 9.78 Å². The van der Waals surface area contributed by atoms with Crippen molar-refractivity contribution in [3.8, 4) is 11.5 Å². The van der Waals surface area contributed by atoms with Crippen LogP contribution in [0, 0.1) is 13.8 Å². The number of pyridine rings is 1. The van der Waals surface area contributed by atoms with Crippen LogP contribution in [0.3, 0.4) is 0 Å². The van der Waals surface area contributed by atoms with E-state index in [0.717, 1.165) is 22.1 Å². The minimum absolute atomic E-state index is 0.0111. The first kappa shape index (κ1) is 23.5. The summed E-state index contributed by atoms with van der Waals surface area (Å²) in [4.78, 5) is 29.0. The molecule has 2 N–H and O–H groups in total. The third kappa shape index (κ3) is 4.29. The molecule has 0 saturated carbocycles. The number of nitrogens with zero attached hydrogens (tertiary/aromatic N) is 1. The van der Waals surface area contributed by atoms with E-state index < -0.39 is 5.97 Å². The van der Waals surface area contributed by atoms with Crippen LogP contribution in [0.4, 0.5) is 0 Å². The van der Waals surface area contributed by atoms with Crippen molar-refractivity contribution in [3.63, 3.8) is 0 Å². The number of carboxylic acid groups (broad SMARTS) is 1. The zero-order valence-corrected chi connectivity index (χ0v) is 20.3. The minimum atomic E-state index is -0.948. The third-order valence-corrected chi connectivity index (χ3v) is 6.48. The van der Waals surface area contributed by atoms with Gasteiger partial charge in [0.25, 0.3) is 0 Å². The molecular weight excluding hydrogens is 456 g/mol. The maximum Gasteiger partial charge on any atom is 0.336 e. The van der Waals surface area contributed by atoms with Crippen LogP contribution in [-0.2, 0) is 6.54 Å². The van der Waals surface area contributed by atoms with Gasteiger partial charge in [0.05, 0.1) is 10.9 Å². The van der Waals surface area contributed by atoms with Gasteiger partial charge in [0.15, 0.2) is 16.9 Å². The smallest absolute Gasteiger partial charge is 0.336 e. The standard InChI is InChI=1S/C29H26N2O5/c1-16-10-22(17(2)13-31-14-19-6-4-5-7-21(19)29(33)34)28-23(11-16)26(32)18(3)27(36-28)25-12-20-15-30-9-8-24(20)35-25/h4-12,15,17,31H,13-14H2,1-3H3,(H,33,34). The van der Waals surface area contributed by atoms with Crippen LogP contribution in [0.5, 0.6) is 0 Å². The van der Waals surface area contributed by atoms with Crippen LogP contribution < -0.4 is 10.7 Å². The molecule has 0 spiro atoms. The monoisotopic (exact) mass is 482 g/mol. The highest BCUT2D eigenvalue weighted by atomic mass is 16.4. The average Bonchev–Trinajstić information content (AvgIpc) is 3.30. The summed E-state index contributed by atoms with van der Waals surface area (Å²) in [5.41, 5.74) is 4.47. The Hall–Kier alpha value is -4.23. The van der Waals surface area contributed by atoms with Gasteiger partial charge in [-0.1, -0.05) is 31.2 Å². The second-order valence-corrected chi connectivity index (χ2v) is 9.13. The Bertz CT molecular complexity index is 1630. The Morgan fingerprint density at radius 1 is 1.11 bits per heavy atom. The molecule has 7 nitrogen and oxygen atoms in total. The Kier molecular flexibility index (Phi) is 6.16. The summed E-state index contributed by atoms with van der Waals surface area (Å²) in [6.07, 6.45) is 3.37. The molecule has 1 atom stereocenters. The molecule has 0 saturated heterocycles. The molecule has 2 aromatic carbocycles. The second kappa shape index (κ2) is 9.43. The van der Waals surface area contributed by atoms with E-state index in [1.165, 1.54) is 0 Å². The lowest BCUT2D eigenvalue weighted by Gasteiger charge is -2.17. The molecular formula is C29H26N2O5. The topological polar surface area (TPSA) is 106 Å². The fourth-order valence-electron chi connectivity index (χ4n) is 4.58. The van der Waals surface area contributed by atoms with Crippen LogP contribution in [0.15, 0.2) is 74.6 Å². The highest BCUT2D eigenvalue weighted by Gasteiger charge is 2.21. The number of nitrogens with one attached hydrogen (secondary N) is 1. The van der Waals surface area contributed by atoms with E-state index in [4.69, 9.17) is 8.83 Å². The van der Waals surface area contributed by atoms with E-state index >= 15 is 0 Å². The number of rotatable bonds is 7. The van der Waals surface area contributed by atoms with Crippen LogP contribution in [0.25, 0.3) is 33.5 Å². The van der Waals surface area contributed by atoms with Crippen molar-refractivity contribution in [2.45, 2.75) is 33.2 Å². The summed E-state index contributed by atoms with van der Waals surface area (Å²) >= 11 is 0. The average molecular weight is 483 g/mol. The number of furan rings is 1. The van der Waals surface area contributed by atoms with Gasteiger partial charge in [0.1, 0.15) is 11.2 Å². The number of aryl methyl sites for hydroxylation is 1. The van der Waals surface area contributed by atoms with Crippen molar-refractivity contribution >= 4 is 27.9 Å². The van der Waals surface area contributed by atoms with E-state index in [-0.39, 0.29) is 16.9 Å². The number of carboxylic acids is 1. The Balaban J connectivity index is 1.51. The number of hydrogen-bond donors (Lipinski definition) is 2. The molecule has 0 fully saturated rings. The number of fused-ring (bicyclic) bond motifs is 2. The molecule has 36 heavy (non-hydrogen) atoms. The second-order valence-electron chi connectivity index (χ2n) is 9.13. The number of aromatic carboxylic acids is 1. The van der Waals surface area contributed by atoms with Crippen molar-refractivity contribution in [2.75, 3.05) is 6.54 Å². The number of hydrogen-bond acceptors (Lipinski definition) is 6. The van der Waals surface area contributed by atoms with Crippen molar-refractivity contribution in [2.24, 2.45) is 0 Å². The number of aromatic nitrogens is 1. The molecule has 1 unspecified atom stereocenters. The molecule has 0 aliphatic carbocycles. The van der Waals surface area contributed by atoms with Crippen LogP contribution in [0.2, 0.25) is 0 Å². The van der Waals surface area contributed by atoms with E-state index in [9.17, 15) is 14.7 Å². The Morgan fingerprint density at radius 3 is 2.69 bits per heavy atom. The molecule has 0 aliphatic rings. The van der Waals surface area contributed by atoms with Gasteiger partial charge in [-0.25, -0.2) is 4.79 Å². The summed E-state index contributed by atoms with van der Waals surface area (Å²) in [6, 6.07) is 14.4. The minimum Gasteiger partial charge on any atom is -0.478 e. The van der Waals surface area contributed by atoms with E-state index in [1.54, 1.807) is 43.6 Å². The summed E-state index contributed by atoms with van der Waals surface area (Å²) in [5, 5.41) is 14.2. The van der Waals surface area contributed by atoms with Crippen LogP contribution in [0.1, 0.15) is 45.5 Å². The zero-order valence-electron chi connectivity index (χ0n) is 20.3. The first-order valence-corrected chi connectivity index (χ1v) is 11.8. The lowest BCUT2D eigenvalue weighted by atomic mass is 9.95. The predicted octanol–water partition coefficient (Wildman–Crippen LogP) is 5.81. The fourth-order valence-corrected chi connectivity index (χ4v) is 4.58. The van der Waals surface area contributed by atoms with Crippen molar-refractivity contribution in [3.05, 3.63) is 99.0 Å². The van der Waals surface area contributed by atoms with E-state index in [0.29, 0.717) is 46.7 Å². The first-order valence-electron chi connectivity index (χ1n) is 11.8. The quantitative estimate of drug-likeness (QED) is 0.302. The third-order valence-electron chi connectivity index (χ3n) is 6.48. The van der Waals surface area contributed by atoms with Gasteiger partial charge < -0.3 is 19.3 Å². The maximum absolute atomic E-state index is 13.4. The summed E-state index contributed by atoms with van der Waals surface area (Å²) in [5.74, 6) is -0.0689. The molecule has 0 aliphatic heterocycles. The molecule has 5 aromatic rings. The van der Waals surface area contributed by atoms with Gasteiger partial charge in [0, 0.05) is 36.4 Å². The lowest BCUT2D eigenvalue weighted by Crippen LogP contribution is -2.21. The molecule has 0 radical (unpaired) electrons. The molecule has 5 rings (SSSR count). The van der Waals surface area contributed by atoms with Crippen molar-refractivity contribution < 1.29 is 18.7 Å². The molecule has 3 heterocycles. The molecule has 0 amide bonds. The highest BCUT2D eigenvalue weighted by Crippen LogP contribution is 2.33. The number of benzene rings is 2. The van der Waals surface area contributed by atoms with E-state index in [1.807, 2.05) is 31.2 Å². The van der Waals surface area contributed by atoms with Crippen LogP contribution in [-0.4, -0.2) is 22.6 Å². The normalized spacial score (nSPS) is 12.3. The molecule has 3 aromatic heterocycles. The summed E-state index contributed by atoms with van der Waals surface area (Å²) in [6.45, 7) is 6.74. The summed E-state index contributed by atoms with van der Waals surface area (Å²) in [7, 11) is 0. The van der Waals surface area contributed by atoms with Crippen molar-refractivity contribution in [1.29, 1.82) is 0 Å². The lowest BCUT2D eigenvalue weighted by molar-refractivity contribution is 0.0695. The largest absolute Gasteiger partial charge is 0.478 e. The van der Waals surface area contributed by atoms with Gasteiger partial charge in [0.2, 0.25) is 0 Å². The first-order chi connectivity index (χ1) is 17.3. The number of carbonyl (C=O) groups is 1. The van der Waals surface area contributed by atoms with Gasteiger partial charge in [-0.15, -0.1) is 0 Å². The highest BCUT2D eigenvalue weighted by molar-refractivity contribution is 5.89. The fraction of sp³-hybridized carbons (Fsp3) is 0.207. The Labute approximate surface area is 207 Å². The predicted molar refractivity (Wildman–Crippen MR) is 138 cm³/mol. The van der Waals surface area contributed by atoms with Gasteiger partial charge in [-0.05, 0) is 60.7 Å². The summed E-state index contributed by atoms with van der Waals surface area (Å²) < 4.78 is 12.4. The van der Waals surface area contributed by atoms with Crippen LogP contribution >= 0.6 is 0 Å².